The molecule has 35 heavy (non-hydrogen) atoms. The first-order valence-corrected chi connectivity index (χ1v) is 12.0. The lowest BCUT2D eigenvalue weighted by Crippen LogP contribution is -2.28. The van der Waals surface area contributed by atoms with E-state index in [0.717, 1.165) is 16.7 Å². The molecule has 190 valence electrons. The number of carbonyl (C=O) groups excluding carboxylic acids is 1. The normalized spacial score (nSPS) is 10.5. The van der Waals surface area contributed by atoms with Crippen LogP contribution in [0.3, 0.4) is 0 Å². The fraction of sp³-hybridized carbons (Fsp3) is 0.345. The van der Waals surface area contributed by atoms with Crippen LogP contribution in [0.1, 0.15) is 56.0 Å². The van der Waals surface area contributed by atoms with Gasteiger partial charge in [-0.25, -0.2) is 0 Å². The third-order valence-electron chi connectivity index (χ3n) is 5.00. The molecule has 3 aromatic rings. The van der Waals surface area contributed by atoms with Gasteiger partial charge >= 0.3 is 0 Å². The summed E-state index contributed by atoms with van der Waals surface area (Å²) in [6.07, 6.45) is 0. The predicted molar refractivity (Wildman–Crippen MR) is 143 cm³/mol. The first kappa shape index (κ1) is 29.5. The Hall–Kier alpha value is -3.51. The predicted octanol–water partition coefficient (Wildman–Crippen LogP) is 5.81. The number of carbonyl (C=O) groups is 1. The Morgan fingerprint density at radius 3 is 2.03 bits per heavy atom. The Morgan fingerprint density at radius 1 is 0.857 bits per heavy atom. The number of benzene rings is 3. The fourth-order valence-electron chi connectivity index (χ4n) is 3.13. The average molecular weight is 481 g/mol. The van der Waals surface area contributed by atoms with Gasteiger partial charge in [0, 0.05) is 18.2 Å². The van der Waals surface area contributed by atoms with Crippen LogP contribution in [-0.4, -0.2) is 26.7 Å². The second-order valence-electron chi connectivity index (χ2n) is 7.21. The first-order valence-electron chi connectivity index (χ1n) is 12.0. The number of rotatable bonds is 9. The van der Waals surface area contributed by atoms with E-state index in [1.807, 2.05) is 89.2 Å². The van der Waals surface area contributed by atoms with Crippen molar-refractivity contribution < 1.29 is 19.0 Å². The van der Waals surface area contributed by atoms with E-state index in [1.54, 1.807) is 26.4 Å². The number of nitrogens with two attached hydrogens (primary N) is 1. The van der Waals surface area contributed by atoms with E-state index in [1.165, 1.54) is 5.56 Å². The van der Waals surface area contributed by atoms with Crippen molar-refractivity contribution in [1.82, 2.24) is 5.32 Å². The molecule has 3 rings (SSSR count). The number of amides is 1. The fourth-order valence-corrected chi connectivity index (χ4v) is 3.13. The van der Waals surface area contributed by atoms with E-state index in [-0.39, 0.29) is 18.6 Å². The van der Waals surface area contributed by atoms with Crippen LogP contribution in [0.5, 0.6) is 17.2 Å². The van der Waals surface area contributed by atoms with Gasteiger partial charge in [-0.2, -0.15) is 0 Å². The standard InChI is InChI=1S/C25H28N2O4.2C2H6/c1-17-4-6-18(7-5-17)15-27-24(28)16-31-20-10-8-19(9-11-20)25(26)22-13-12-21(29-2)14-23(22)30-3;2*1-2/h4-14,25H,15-16,26H2,1-3H3,(H,27,28);2*1-2H3. The minimum absolute atomic E-state index is 0.0520. The summed E-state index contributed by atoms with van der Waals surface area (Å²) in [6.45, 7) is 10.4. The molecule has 0 aromatic heterocycles. The van der Waals surface area contributed by atoms with Crippen molar-refractivity contribution in [3.63, 3.8) is 0 Å². The average Bonchev–Trinajstić information content (AvgIpc) is 2.93. The maximum absolute atomic E-state index is 12.1. The van der Waals surface area contributed by atoms with Crippen LogP contribution in [0, 0.1) is 6.92 Å². The Bertz CT molecular complexity index is 1000. The van der Waals surface area contributed by atoms with Crippen LogP contribution in [0.15, 0.2) is 66.7 Å². The molecular weight excluding hydrogens is 440 g/mol. The summed E-state index contributed by atoms with van der Waals surface area (Å²) >= 11 is 0. The zero-order valence-electron chi connectivity index (χ0n) is 22.1. The molecule has 0 heterocycles. The lowest BCUT2D eigenvalue weighted by molar-refractivity contribution is -0.123. The van der Waals surface area contributed by atoms with Gasteiger partial charge in [0.1, 0.15) is 17.2 Å². The van der Waals surface area contributed by atoms with Crippen molar-refractivity contribution in [2.75, 3.05) is 20.8 Å². The van der Waals surface area contributed by atoms with Gasteiger partial charge in [-0.05, 0) is 42.3 Å². The van der Waals surface area contributed by atoms with Gasteiger partial charge in [-0.1, -0.05) is 69.7 Å². The number of nitrogens with one attached hydrogen (secondary N) is 1. The van der Waals surface area contributed by atoms with E-state index in [2.05, 4.69) is 5.32 Å². The van der Waals surface area contributed by atoms with Crippen molar-refractivity contribution in [2.45, 2.75) is 47.2 Å². The second kappa shape index (κ2) is 16.2. The number of ether oxygens (including phenoxy) is 3. The Labute approximate surface area is 210 Å². The van der Waals surface area contributed by atoms with Gasteiger partial charge in [0.25, 0.3) is 5.91 Å². The molecule has 3 N–H and O–H groups in total. The molecule has 1 amide bonds. The number of hydrogen-bond acceptors (Lipinski definition) is 5. The molecule has 0 spiro atoms. The Balaban J connectivity index is 0.00000145. The molecule has 1 atom stereocenters. The summed E-state index contributed by atoms with van der Waals surface area (Å²) < 4.78 is 16.3. The lowest BCUT2D eigenvalue weighted by atomic mass is 9.98. The van der Waals surface area contributed by atoms with Gasteiger partial charge in [0.05, 0.1) is 20.3 Å². The summed E-state index contributed by atoms with van der Waals surface area (Å²) in [5.41, 5.74) is 10.4. The molecule has 0 bridgehead atoms. The molecule has 0 fully saturated rings. The lowest BCUT2D eigenvalue weighted by Gasteiger charge is -2.17. The van der Waals surface area contributed by atoms with Crippen LogP contribution in [0.4, 0.5) is 0 Å². The molecule has 0 aliphatic heterocycles. The van der Waals surface area contributed by atoms with Gasteiger partial charge in [-0.15, -0.1) is 0 Å². The maximum Gasteiger partial charge on any atom is 0.258 e. The highest BCUT2D eigenvalue weighted by Crippen LogP contribution is 2.32. The minimum atomic E-state index is -0.368. The van der Waals surface area contributed by atoms with Crippen LogP contribution >= 0.6 is 0 Å². The zero-order valence-corrected chi connectivity index (χ0v) is 22.1. The van der Waals surface area contributed by atoms with Crippen molar-refractivity contribution >= 4 is 5.91 Å². The molecule has 1 unspecified atom stereocenters. The summed E-state index contributed by atoms with van der Waals surface area (Å²) in [7, 11) is 3.21. The molecule has 0 aliphatic rings. The van der Waals surface area contributed by atoms with Crippen molar-refractivity contribution in [3.8, 4) is 17.2 Å². The van der Waals surface area contributed by atoms with E-state index in [9.17, 15) is 4.79 Å². The van der Waals surface area contributed by atoms with Crippen LogP contribution < -0.4 is 25.3 Å². The molecule has 0 radical (unpaired) electrons. The zero-order chi connectivity index (χ0) is 26.2. The topological polar surface area (TPSA) is 82.8 Å². The smallest absolute Gasteiger partial charge is 0.258 e. The Morgan fingerprint density at radius 2 is 1.46 bits per heavy atom. The summed E-state index contributed by atoms with van der Waals surface area (Å²) in [4.78, 5) is 12.1. The van der Waals surface area contributed by atoms with Gasteiger partial charge in [0.15, 0.2) is 6.61 Å². The van der Waals surface area contributed by atoms with Crippen molar-refractivity contribution in [2.24, 2.45) is 5.73 Å². The molecular formula is C29H40N2O4. The third-order valence-corrected chi connectivity index (χ3v) is 5.00. The first-order chi connectivity index (χ1) is 17.0. The van der Waals surface area contributed by atoms with Gasteiger partial charge < -0.3 is 25.3 Å². The van der Waals surface area contributed by atoms with E-state index in [0.29, 0.717) is 23.8 Å². The summed E-state index contributed by atoms with van der Waals surface area (Å²) in [5.74, 6) is 1.79. The van der Waals surface area contributed by atoms with Crippen LogP contribution in [0.2, 0.25) is 0 Å². The molecule has 0 saturated heterocycles. The summed E-state index contributed by atoms with van der Waals surface area (Å²) in [6, 6.07) is 20.6. The largest absolute Gasteiger partial charge is 0.497 e. The quantitative estimate of drug-likeness (QED) is 0.404. The second-order valence-corrected chi connectivity index (χ2v) is 7.21. The minimum Gasteiger partial charge on any atom is -0.497 e. The number of methoxy groups -OCH3 is 2. The molecule has 0 saturated carbocycles. The van der Waals surface area contributed by atoms with Crippen LogP contribution in [-0.2, 0) is 11.3 Å². The number of aryl methyl sites for hydroxylation is 1. The molecule has 6 nitrogen and oxygen atoms in total. The van der Waals surface area contributed by atoms with Crippen molar-refractivity contribution in [1.29, 1.82) is 0 Å². The Kier molecular flexibility index (Phi) is 13.6. The van der Waals surface area contributed by atoms with Gasteiger partial charge in [-0.3, -0.25) is 4.79 Å². The van der Waals surface area contributed by atoms with E-state index >= 15 is 0 Å². The van der Waals surface area contributed by atoms with Crippen molar-refractivity contribution in [3.05, 3.63) is 89.0 Å². The van der Waals surface area contributed by atoms with E-state index < -0.39 is 0 Å². The molecule has 0 aliphatic carbocycles. The molecule has 6 heteroatoms. The maximum atomic E-state index is 12.1. The van der Waals surface area contributed by atoms with Crippen LogP contribution in [0.25, 0.3) is 0 Å². The van der Waals surface area contributed by atoms with E-state index in [4.69, 9.17) is 19.9 Å². The third kappa shape index (κ3) is 9.33. The van der Waals surface area contributed by atoms with Gasteiger partial charge in [0.2, 0.25) is 0 Å². The SMILES string of the molecule is CC.CC.COc1ccc(C(N)c2ccc(OCC(=O)NCc3ccc(C)cc3)cc2)c(OC)c1. The number of hydrogen-bond donors (Lipinski definition) is 2. The summed E-state index contributed by atoms with van der Waals surface area (Å²) in [5, 5.41) is 2.85. The highest BCUT2D eigenvalue weighted by Gasteiger charge is 2.15. The monoisotopic (exact) mass is 480 g/mol. The molecule has 3 aromatic carbocycles. The highest BCUT2D eigenvalue weighted by molar-refractivity contribution is 5.77. The highest BCUT2D eigenvalue weighted by atomic mass is 16.5.